The van der Waals surface area contributed by atoms with Crippen molar-refractivity contribution < 1.29 is 13.9 Å². The van der Waals surface area contributed by atoms with Gasteiger partial charge in [-0.2, -0.15) is 0 Å². The first-order valence-electron chi connectivity index (χ1n) is 5.56. The van der Waals surface area contributed by atoms with Crippen LogP contribution in [-0.4, -0.2) is 13.1 Å². The Labute approximate surface area is 105 Å². The Bertz CT molecular complexity index is 591. The van der Waals surface area contributed by atoms with E-state index < -0.39 is 11.8 Å². The van der Waals surface area contributed by atoms with E-state index in [1.807, 2.05) is 31.2 Å². The topological polar surface area (TPSA) is 26.3 Å². The molecule has 2 aromatic rings. The van der Waals surface area contributed by atoms with Gasteiger partial charge < -0.3 is 4.74 Å². The van der Waals surface area contributed by atoms with Crippen molar-refractivity contribution in [2.24, 2.45) is 0 Å². The van der Waals surface area contributed by atoms with E-state index >= 15 is 0 Å². The summed E-state index contributed by atoms with van der Waals surface area (Å²) in [6.45, 7) is 1.97. The number of methoxy groups -OCH3 is 1. The molecule has 0 amide bonds. The van der Waals surface area contributed by atoms with Crippen molar-refractivity contribution in [1.82, 2.24) is 0 Å². The van der Waals surface area contributed by atoms with Gasteiger partial charge >= 0.3 is 5.97 Å². The third-order valence-corrected chi connectivity index (χ3v) is 2.73. The van der Waals surface area contributed by atoms with E-state index in [0.29, 0.717) is 0 Å². The molecule has 0 heterocycles. The number of benzene rings is 2. The van der Waals surface area contributed by atoms with Crippen LogP contribution in [0.5, 0.6) is 0 Å². The van der Waals surface area contributed by atoms with Crippen LogP contribution in [0.1, 0.15) is 15.9 Å². The van der Waals surface area contributed by atoms with Crippen molar-refractivity contribution in [1.29, 1.82) is 0 Å². The summed E-state index contributed by atoms with van der Waals surface area (Å²) < 4.78 is 18.3. The van der Waals surface area contributed by atoms with E-state index in [1.54, 1.807) is 6.07 Å². The molecule has 0 bridgehead atoms. The maximum atomic E-state index is 13.8. The minimum absolute atomic E-state index is 0.0473. The van der Waals surface area contributed by atoms with Crippen molar-refractivity contribution in [3.05, 3.63) is 59.4 Å². The molecule has 92 valence electrons. The van der Waals surface area contributed by atoms with Crippen molar-refractivity contribution in [3.8, 4) is 11.1 Å². The molecular formula is C15H13FO2. The van der Waals surface area contributed by atoms with Crippen molar-refractivity contribution in [2.45, 2.75) is 6.92 Å². The summed E-state index contributed by atoms with van der Waals surface area (Å²) in [7, 11) is 1.23. The second kappa shape index (κ2) is 5.00. The molecule has 2 rings (SSSR count). The van der Waals surface area contributed by atoms with E-state index in [0.717, 1.165) is 16.7 Å². The second-order valence-corrected chi connectivity index (χ2v) is 4.06. The number of halogens is 1. The van der Waals surface area contributed by atoms with Crippen LogP contribution >= 0.6 is 0 Å². The Morgan fingerprint density at radius 3 is 2.44 bits per heavy atom. The fraction of sp³-hybridized carbons (Fsp3) is 0.133. The zero-order valence-corrected chi connectivity index (χ0v) is 10.2. The molecule has 0 aliphatic heterocycles. The molecule has 3 heteroatoms. The van der Waals surface area contributed by atoms with E-state index in [2.05, 4.69) is 4.74 Å². The summed E-state index contributed by atoms with van der Waals surface area (Å²) >= 11 is 0. The molecule has 0 saturated heterocycles. The number of esters is 1. The molecule has 0 aliphatic carbocycles. The zero-order valence-electron chi connectivity index (χ0n) is 10.2. The van der Waals surface area contributed by atoms with Crippen molar-refractivity contribution >= 4 is 5.97 Å². The van der Waals surface area contributed by atoms with Gasteiger partial charge in [0.1, 0.15) is 5.82 Å². The largest absolute Gasteiger partial charge is 0.465 e. The minimum Gasteiger partial charge on any atom is -0.465 e. The monoisotopic (exact) mass is 244 g/mol. The SMILES string of the molecule is COC(=O)c1ccc(-c2cccc(C)c2)cc1F. The fourth-order valence-electron chi connectivity index (χ4n) is 1.79. The van der Waals surface area contributed by atoms with Crippen molar-refractivity contribution in [3.63, 3.8) is 0 Å². The first-order chi connectivity index (χ1) is 8.61. The Morgan fingerprint density at radius 2 is 1.83 bits per heavy atom. The highest BCUT2D eigenvalue weighted by Crippen LogP contribution is 2.23. The number of hydrogen-bond acceptors (Lipinski definition) is 2. The molecule has 0 aliphatic rings. The lowest BCUT2D eigenvalue weighted by Crippen LogP contribution is -2.04. The third-order valence-electron chi connectivity index (χ3n) is 2.73. The molecule has 0 N–H and O–H groups in total. The molecule has 0 fully saturated rings. The van der Waals surface area contributed by atoms with Gasteiger partial charge in [0.05, 0.1) is 12.7 Å². The molecule has 0 radical (unpaired) electrons. The lowest BCUT2D eigenvalue weighted by atomic mass is 10.0. The number of ether oxygens (including phenoxy) is 1. The quantitative estimate of drug-likeness (QED) is 0.755. The van der Waals surface area contributed by atoms with Gasteiger partial charge in [-0.25, -0.2) is 9.18 Å². The van der Waals surface area contributed by atoms with Gasteiger partial charge in [-0.3, -0.25) is 0 Å². The van der Waals surface area contributed by atoms with Gasteiger partial charge in [0, 0.05) is 0 Å². The predicted octanol–water partition coefficient (Wildman–Crippen LogP) is 3.59. The maximum Gasteiger partial charge on any atom is 0.340 e. The predicted molar refractivity (Wildman–Crippen MR) is 67.9 cm³/mol. The van der Waals surface area contributed by atoms with Crippen LogP contribution in [0.25, 0.3) is 11.1 Å². The number of rotatable bonds is 2. The summed E-state index contributed by atoms with van der Waals surface area (Å²) in [5.74, 6) is -1.23. The van der Waals surface area contributed by atoms with Gasteiger partial charge in [0.15, 0.2) is 0 Å². The van der Waals surface area contributed by atoms with Crippen molar-refractivity contribution in [2.75, 3.05) is 7.11 Å². The van der Waals surface area contributed by atoms with E-state index in [1.165, 1.54) is 19.2 Å². The number of hydrogen-bond donors (Lipinski definition) is 0. The van der Waals surface area contributed by atoms with Gasteiger partial charge in [-0.1, -0.05) is 35.9 Å². The van der Waals surface area contributed by atoms with Crippen LogP contribution in [0.15, 0.2) is 42.5 Å². The highest BCUT2D eigenvalue weighted by Gasteiger charge is 2.12. The van der Waals surface area contributed by atoms with E-state index in [9.17, 15) is 9.18 Å². The molecule has 18 heavy (non-hydrogen) atoms. The van der Waals surface area contributed by atoms with E-state index in [-0.39, 0.29) is 5.56 Å². The van der Waals surface area contributed by atoms with E-state index in [4.69, 9.17) is 0 Å². The summed E-state index contributed by atoms with van der Waals surface area (Å²) in [5, 5.41) is 0. The Hall–Kier alpha value is -2.16. The normalized spacial score (nSPS) is 10.2. The molecule has 0 saturated carbocycles. The van der Waals surface area contributed by atoms with Crippen LogP contribution in [0.3, 0.4) is 0 Å². The smallest absolute Gasteiger partial charge is 0.340 e. The van der Waals surface area contributed by atoms with Crippen LogP contribution in [0, 0.1) is 12.7 Å². The van der Waals surface area contributed by atoms with Gasteiger partial charge in [0.2, 0.25) is 0 Å². The molecule has 0 atom stereocenters. The number of aryl methyl sites for hydroxylation is 1. The average molecular weight is 244 g/mol. The first-order valence-corrected chi connectivity index (χ1v) is 5.56. The Kier molecular flexibility index (Phi) is 3.42. The van der Waals surface area contributed by atoms with Gasteiger partial charge in [-0.05, 0) is 30.2 Å². The van der Waals surface area contributed by atoms with Crippen LogP contribution in [0.2, 0.25) is 0 Å². The summed E-state index contributed by atoms with van der Waals surface area (Å²) in [6, 6.07) is 12.3. The summed E-state index contributed by atoms with van der Waals surface area (Å²) in [5.41, 5.74) is 2.72. The van der Waals surface area contributed by atoms with Crippen LogP contribution in [0.4, 0.5) is 4.39 Å². The molecule has 2 aromatic carbocycles. The molecule has 0 unspecified atom stereocenters. The Morgan fingerprint density at radius 1 is 1.11 bits per heavy atom. The number of carbonyl (C=O) groups is 1. The fourth-order valence-corrected chi connectivity index (χ4v) is 1.79. The van der Waals surface area contributed by atoms with Gasteiger partial charge in [-0.15, -0.1) is 0 Å². The highest BCUT2D eigenvalue weighted by atomic mass is 19.1. The molecule has 2 nitrogen and oxygen atoms in total. The lowest BCUT2D eigenvalue weighted by molar-refractivity contribution is 0.0595. The average Bonchev–Trinajstić information content (AvgIpc) is 2.37. The van der Waals surface area contributed by atoms with Crippen LogP contribution in [-0.2, 0) is 4.74 Å². The standard InChI is InChI=1S/C15H13FO2/c1-10-4-3-5-11(8-10)12-6-7-13(14(16)9-12)15(17)18-2/h3-9H,1-2H3. The highest BCUT2D eigenvalue weighted by molar-refractivity contribution is 5.90. The summed E-state index contributed by atoms with van der Waals surface area (Å²) in [4.78, 5) is 11.3. The molecular weight excluding hydrogens is 231 g/mol. The second-order valence-electron chi connectivity index (χ2n) is 4.06. The zero-order chi connectivity index (χ0) is 13.1. The Balaban J connectivity index is 2.43. The maximum absolute atomic E-state index is 13.8. The van der Waals surface area contributed by atoms with Gasteiger partial charge in [0.25, 0.3) is 0 Å². The minimum atomic E-state index is -0.664. The third kappa shape index (κ3) is 2.40. The molecule has 0 aromatic heterocycles. The lowest BCUT2D eigenvalue weighted by Gasteiger charge is -2.06. The summed E-state index contributed by atoms with van der Waals surface area (Å²) in [6.07, 6.45) is 0. The first kappa shape index (κ1) is 12.3. The van der Waals surface area contributed by atoms with Crippen LogP contribution < -0.4 is 0 Å². The molecule has 0 spiro atoms. The number of carbonyl (C=O) groups excluding carboxylic acids is 1.